The van der Waals surface area contributed by atoms with Gasteiger partial charge in [-0.05, 0) is 36.4 Å². The molecule has 0 radical (unpaired) electrons. The van der Waals surface area contributed by atoms with Crippen LogP contribution in [0.3, 0.4) is 0 Å². The number of benzene rings is 3. The van der Waals surface area contributed by atoms with Crippen LogP contribution < -0.4 is 20.2 Å². The van der Waals surface area contributed by atoms with Crippen molar-refractivity contribution in [2.24, 2.45) is 0 Å². The number of nitrogens with zero attached hydrogens (tertiary/aromatic N) is 2. The number of fused-ring (bicyclic) bond motifs is 1. The van der Waals surface area contributed by atoms with E-state index in [1.54, 1.807) is 55.3 Å². The summed E-state index contributed by atoms with van der Waals surface area (Å²) in [6, 6.07) is 21.8. The summed E-state index contributed by atoms with van der Waals surface area (Å²) in [5, 5.41) is 7.59. The highest BCUT2D eigenvalue weighted by molar-refractivity contribution is 5.95. The Bertz CT molecular complexity index is 1300. The Morgan fingerprint density at radius 3 is 2.45 bits per heavy atom. The van der Waals surface area contributed by atoms with Gasteiger partial charge in [-0.1, -0.05) is 30.3 Å². The van der Waals surface area contributed by atoms with Crippen LogP contribution in [0.2, 0.25) is 0 Å². The van der Waals surface area contributed by atoms with Crippen LogP contribution in [0.25, 0.3) is 16.6 Å². The first-order valence-electron chi connectivity index (χ1n) is 9.69. The fourth-order valence-corrected chi connectivity index (χ4v) is 3.35. The zero-order valence-corrected chi connectivity index (χ0v) is 17.2. The van der Waals surface area contributed by atoms with E-state index >= 15 is 0 Å². The lowest BCUT2D eigenvalue weighted by atomic mass is 10.1. The van der Waals surface area contributed by atoms with Gasteiger partial charge >= 0.3 is 0 Å². The third-order valence-electron chi connectivity index (χ3n) is 4.94. The summed E-state index contributed by atoms with van der Waals surface area (Å²) < 4.78 is 12.2. The molecule has 0 saturated carbocycles. The summed E-state index contributed by atoms with van der Waals surface area (Å²) in [7, 11) is 3.11. The molecule has 0 atom stereocenters. The number of aromatic nitrogens is 2. The van der Waals surface area contributed by atoms with Gasteiger partial charge in [-0.2, -0.15) is 5.10 Å². The molecule has 0 saturated heterocycles. The molecular formula is C24H21N3O4. The summed E-state index contributed by atoms with van der Waals surface area (Å²) in [5.41, 5.74) is 1.55. The minimum absolute atomic E-state index is 0.171. The lowest BCUT2D eigenvalue weighted by Gasteiger charge is -2.13. The number of para-hydroxylation sites is 2. The van der Waals surface area contributed by atoms with E-state index in [-0.39, 0.29) is 12.2 Å². The molecule has 0 bridgehead atoms. The molecule has 1 heterocycles. The van der Waals surface area contributed by atoms with Gasteiger partial charge in [0.1, 0.15) is 11.5 Å². The van der Waals surface area contributed by atoms with Gasteiger partial charge in [0, 0.05) is 18.2 Å². The van der Waals surface area contributed by atoms with Crippen molar-refractivity contribution >= 4 is 16.8 Å². The summed E-state index contributed by atoms with van der Waals surface area (Å²) in [5.74, 6) is 0.667. The molecule has 1 amide bonds. The normalized spacial score (nSPS) is 10.6. The number of hydrogen-bond donors (Lipinski definition) is 1. The Balaban J connectivity index is 1.71. The molecular weight excluding hydrogens is 394 g/mol. The SMILES string of the molecule is COc1ccc(CNC(=O)c2nn(-c3ccccc3)c3ccccc3c2=O)c(OC)c1. The van der Waals surface area contributed by atoms with Crippen LogP contribution >= 0.6 is 0 Å². The number of nitrogens with one attached hydrogen (secondary N) is 1. The maximum Gasteiger partial charge on any atom is 0.276 e. The van der Waals surface area contributed by atoms with Gasteiger partial charge in [0.25, 0.3) is 5.91 Å². The van der Waals surface area contributed by atoms with Gasteiger partial charge in [0.2, 0.25) is 5.43 Å². The number of carbonyl (C=O) groups excluding carboxylic acids is 1. The molecule has 7 heteroatoms. The lowest BCUT2D eigenvalue weighted by Crippen LogP contribution is -2.31. The zero-order chi connectivity index (χ0) is 21.8. The van der Waals surface area contributed by atoms with E-state index in [9.17, 15) is 9.59 Å². The van der Waals surface area contributed by atoms with Gasteiger partial charge in [-0.25, -0.2) is 4.68 Å². The van der Waals surface area contributed by atoms with E-state index in [1.165, 1.54) is 0 Å². The number of amides is 1. The molecule has 0 aliphatic heterocycles. The van der Waals surface area contributed by atoms with E-state index in [4.69, 9.17) is 9.47 Å². The second-order valence-corrected chi connectivity index (χ2v) is 6.80. The largest absolute Gasteiger partial charge is 0.497 e. The minimum Gasteiger partial charge on any atom is -0.497 e. The van der Waals surface area contributed by atoms with Crippen LogP contribution in [0.15, 0.2) is 77.6 Å². The maximum atomic E-state index is 13.0. The molecule has 0 aliphatic carbocycles. The van der Waals surface area contributed by atoms with Crippen LogP contribution in [-0.2, 0) is 6.54 Å². The topological polar surface area (TPSA) is 82.5 Å². The Kier molecular flexibility index (Phi) is 5.66. The van der Waals surface area contributed by atoms with Gasteiger partial charge in [-0.3, -0.25) is 9.59 Å². The Morgan fingerprint density at radius 2 is 1.71 bits per heavy atom. The smallest absolute Gasteiger partial charge is 0.276 e. The zero-order valence-electron chi connectivity index (χ0n) is 17.2. The standard InChI is InChI=1S/C24H21N3O4/c1-30-18-13-12-16(21(14-18)31-2)15-25-24(29)22-23(28)19-10-6-7-11-20(19)27(26-22)17-8-4-3-5-9-17/h3-14H,15H2,1-2H3,(H,25,29). The van der Waals surface area contributed by atoms with Crippen LogP contribution in [0.1, 0.15) is 16.1 Å². The van der Waals surface area contributed by atoms with E-state index in [0.717, 1.165) is 11.3 Å². The number of carbonyl (C=O) groups is 1. The molecule has 0 unspecified atom stereocenters. The molecule has 1 aromatic heterocycles. The van der Waals surface area contributed by atoms with Crippen LogP contribution in [-0.4, -0.2) is 29.9 Å². The Morgan fingerprint density at radius 1 is 0.968 bits per heavy atom. The summed E-state index contributed by atoms with van der Waals surface area (Å²) in [6.45, 7) is 0.172. The molecule has 4 aromatic rings. The first kappa shape index (κ1) is 20.2. The fourth-order valence-electron chi connectivity index (χ4n) is 3.35. The number of hydrogen-bond acceptors (Lipinski definition) is 5. The molecule has 0 aliphatic rings. The van der Waals surface area contributed by atoms with Crippen LogP contribution in [0, 0.1) is 0 Å². The molecule has 31 heavy (non-hydrogen) atoms. The predicted molar refractivity (Wildman–Crippen MR) is 118 cm³/mol. The quantitative estimate of drug-likeness (QED) is 0.522. The highest BCUT2D eigenvalue weighted by Gasteiger charge is 2.18. The maximum absolute atomic E-state index is 13.0. The van der Waals surface area contributed by atoms with Crippen molar-refractivity contribution in [1.82, 2.24) is 15.1 Å². The summed E-state index contributed by atoms with van der Waals surface area (Å²) in [4.78, 5) is 25.9. The Labute approximate surface area is 178 Å². The van der Waals surface area contributed by atoms with E-state index in [1.807, 2.05) is 36.4 Å². The van der Waals surface area contributed by atoms with Crippen molar-refractivity contribution in [1.29, 1.82) is 0 Å². The third kappa shape index (κ3) is 3.98. The van der Waals surface area contributed by atoms with Crippen molar-refractivity contribution in [3.8, 4) is 17.2 Å². The minimum atomic E-state index is -0.557. The first-order valence-corrected chi connectivity index (χ1v) is 9.69. The molecule has 7 nitrogen and oxygen atoms in total. The third-order valence-corrected chi connectivity index (χ3v) is 4.94. The molecule has 156 valence electrons. The lowest BCUT2D eigenvalue weighted by molar-refractivity contribution is 0.0943. The molecule has 0 spiro atoms. The fraction of sp³-hybridized carbons (Fsp3) is 0.125. The highest BCUT2D eigenvalue weighted by atomic mass is 16.5. The highest BCUT2D eigenvalue weighted by Crippen LogP contribution is 2.24. The van der Waals surface area contributed by atoms with E-state index in [2.05, 4.69) is 10.4 Å². The van der Waals surface area contributed by atoms with Crippen molar-refractivity contribution in [3.63, 3.8) is 0 Å². The van der Waals surface area contributed by atoms with Crippen molar-refractivity contribution in [3.05, 3.63) is 94.3 Å². The second kappa shape index (κ2) is 8.71. The number of ether oxygens (including phenoxy) is 2. The summed E-state index contributed by atoms with van der Waals surface area (Å²) in [6.07, 6.45) is 0. The molecule has 3 aromatic carbocycles. The number of rotatable bonds is 6. The monoisotopic (exact) mass is 415 g/mol. The second-order valence-electron chi connectivity index (χ2n) is 6.80. The van der Waals surface area contributed by atoms with E-state index < -0.39 is 11.3 Å². The average Bonchev–Trinajstić information content (AvgIpc) is 2.83. The predicted octanol–water partition coefficient (Wildman–Crippen LogP) is 3.33. The van der Waals surface area contributed by atoms with Crippen molar-refractivity contribution in [2.45, 2.75) is 6.54 Å². The van der Waals surface area contributed by atoms with Gasteiger partial charge in [0.05, 0.1) is 30.8 Å². The van der Waals surface area contributed by atoms with Gasteiger partial charge in [0.15, 0.2) is 5.69 Å². The Hall–Kier alpha value is -4.13. The summed E-state index contributed by atoms with van der Waals surface area (Å²) >= 11 is 0. The number of methoxy groups -OCH3 is 2. The van der Waals surface area contributed by atoms with Crippen LogP contribution in [0.4, 0.5) is 0 Å². The first-order chi connectivity index (χ1) is 15.1. The molecule has 1 N–H and O–H groups in total. The molecule has 0 fully saturated rings. The molecule has 4 rings (SSSR count). The van der Waals surface area contributed by atoms with Crippen molar-refractivity contribution in [2.75, 3.05) is 14.2 Å². The van der Waals surface area contributed by atoms with Gasteiger partial charge < -0.3 is 14.8 Å². The van der Waals surface area contributed by atoms with Crippen molar-refractivity contribution < 1.29 is 14.3 Å². The average molecular weight is 415 g/mol. The van der Waals surface area contributed by atoms with Crippen LogP contribution in [0.5, 0.6) is 11.5 Å². The van der Waals surface area contributed by atoms with Gasteiger partial charge in [-0.15, -0.1) is 0 Å². The van der Waals surface area contributed by atoms with E-state index in [0.29, 0.717) is 22.4 Å².